The zero-order chi connectivity index (χ0) is 24.2. The third kappa shape index (κ3) is 4.34. The van der Waals surface area contributed by atoms with Crippen molar-refractivity contribution in [2.75, 3.05) is 45.8 Å². The number of nitrogens with zero attached hydrogens (tertiary/aromatic N) is 3. The minimum Gasteiger partial charge on any atom is -0.493 e. The second-order valence-electron chi connectivity index (χ2n) is 7.90. The Balaban J connectivity index is 1.83. The highest BCUT2D eigenvalue weighted by Gasteiger charge is 2.19. The first-order chi connectivity index (χ1) is 16.5. The van der Waals surface area contributed by atoms with Crippen LogP contribution in [0.3, 0.4) is 0 Å². The number of hydrogen-bond acceptors (Lipinski definition) is 7. The van der Waals surface area contributed by atoms with E-state index in [9.17, 15) is 4.79 Å². The highest BCUT2D eigenvalue weighted by molar-refractivity contribution is 5.80. The van der Waals surface area contributed by atoms with Gasteiger partial charge in [0, 0.05) is 25.3 Å². The maximum Gasteiger partial charge on any atom is 0.280 e. The van der Waals surface area contributed by atoms with Gasteiger partial charge in [0.05, 0.1) is 38.8 Å². The van der Waals surface area contributed by atoms with Gasteiger partial charge < -0.3 is 24.5 Å². The molecule has 3 aromatic carbocycles. The van der Waals surface area contributed by atoms with Gasteiger partial charge in [-0.25, -0.2) is 9.66 Å². The summed E-state index contributed by atoms with van der Waals surface area (Å²) < 4.78 is 17.9. The van der Waals surface area contributed by atoms with Crippen LogP contribution in [0.15, 0.2) is 65.5 Å². The van der Waals surface area contributed by atoms with Gasteiger partial charge in [-0.2, -0.15) is 0 Å². The molecule has 34 heavy (non-hydrogen) atoms. The van der Waals surface area contributed by atoms with Crippen LogP contribution in [0.4, 0.5) is 5.69 Å². The van der Waals surface area contributed by atoms with Crippen molar-refractivity contribution in [3.8, 4) is 28.6 Å². The highest BCUT2D eigenvalue weighted by atomic mass is 16.5. The Morgan fingerprint density at radius 2 is 1.56 bits per heavy atom. The van der Waals surface area contributed by atoms with Crippen LogP contribution in [-0.4, -0.2) is 45.1 Å². The molecule has 176 valence electrons. The zero-order valence-electron chi connectivity index (χ0n) is 20.0. The lowest BCUT2D eigenvalue weighted by Crippen LogP contribution is -2.31. The minimum absolute atomic E-state index is 0.195. The van der Waals surface area contributed by atoms with E-state index in [2.05, 4.69) is 5.43 Å². The standard InChI is InChI=1S/C26H28N4O4/c1-29(2)19-12-10-17(11-13-19)16-27-30-25(28-21-9-7-6-8-20(21)26(30)31)18-14-22(32-3)24(34-5)23(15-18)33-4/h6-15,27H,16H2,1-5H3. The van der Waals surface area contributed by atoms with Crippen molar-refractivity contribution in [3.05, 3.63) is 76.6 Å². The molecular weight excluding hydrogens is 432 g/mol. The van der Waals surface area contributed by atoms with E-state index >= 15 is 0 Å². The molecule has 8 nitrogen and oxygen atoms in total. The van der Waals surface area contributed by atoms with Gasteiger partial charge in [0.15, 0.2) is 17.3 Å². The molecule has 0 saturated heterocycles. The van der Waals surface area contributed by atoms with Crippen LogP contribution in [0.1, 0.15) is 5.56 Å². The lowest BCUT2D eigenvalue weighted by molar-refractivity contribution is 0.324. The van der Waals surface area contributed by atoms with E-state index in [1.54, 1.807) is 39.5 Å². The van der Waals surface area contributed by atoms with Crippen molar-refractivity contribution in [1.29, 1.82) is 0 Å². The van der Waals surface area contributed by atoms with Crippen molar-refractivity contribution < 1.29 is 14.2 Å². The minimum atomic E-state index is -0.195. The fraction of sp³-hybridized carbons (Fsp3) is 0.231. The van der Waals surface area contributed by atoms with Crippen molar-refractivity contribution in [3.63, 3.8) is 0 Å². The number of fused-ring (bicyclic) bond motifs is 1. The van der Waals surface area contributed by atoms with E-state index in [0.29, 0.717) is 46.1 Å². The number of nitrogens with one attached hydrogen (secondary N) is 1. The molecule has 0 aliphatic rings. The van der Waals surface area contributed by atoms with Crippen molar-refractivity contribution in [1.82, 2.24) is 9.66 Å². The molecule has 0 fully saturated rings. The lowest BCUT2D eigenvalue weighted by Gasteiger charge is -2.18. The molecule has 0 saturated carbocycles. The average Bonchev–Trinajstić information content (AvgIpc) is 2.87. The van der Waals surface area contributed by atoms with E-state index in [0.717, 1.165) is 11.3 Å². The molecule has 0 aliphatic carbocycles. The molecule has 4 rings (SSSR count). The number of para-hydroxylation sites is 1. The van der Waals surface area contributed by atoms with E-state index in [4.69, 9.17) is 19.2 Å². The molecule has 8 heteroatoms. The third-order valence-electron chi connectivity index (χ3n) is 5.59. The Labute approximate surface area is 198 Å². The summed E-state index contributed by atoms with van der Waals surface area (Å²) in [7, 11) is 8.65. The predicted octanol–water partition coefficient (Wildman–Crippen LogP) is 3.90. The molecule has 0 atom stereocenters. The molecular formula is C26H28N4O4. The summed E-state index contributed by atoms with van der Waals surface area (Å²) in [6, 6.07) is 19.0. The van der Waals surface area contributed by atoms with Crippen molar-refractivity contribution in [2.24, 2.45) is 0 Å². The zero-order valence-corrected chi connectivity index (χ0v) is 20.0. The number of rotatable bonds is 8. The summed E-state index contributed by atoms with van der Waals surface area (Å²) in [5.41, 5.74) is 6.44. The number of ether oxygens (including phenoxy) is 3. The van der Waals surface area contributed by atoms with Gasteiger partial charge in [0.2, 0.25) is 5.75 Å². The van der Waals surface area contributed by atoms with Gasteiger partial charge in [0.25, 0.3) is 5.56 Å². The van der Waals surface area contributed by atoms with Gasteiger partial charge in [0.1, 0.15) is 0 Å². The SMILES string of the molecule is COc1cc(-c2nc3ccccc3c(=O)n2NCc2ccc(N(C)C)cc2)cc(OC)c1OC. The molecule has 0 spiro atoms. The summed E-state index contributed by atoms with van der Waals surface area (Å²) in [6.07, 6.45) is 0. The third-order valence-corrected chi connectivity index (χ3v) is 5.59. The molecule has 0 radical (unpaired) electrons. The van der Waals surface area contributed by atoms with Crippen molar-refractivity contribution >= 4 is 16.6 Å². The topological polar surface area (TPSA) is 77.9 Å². The van der Waals surface area contributed by atoms with E-state index in [-0.39, 0.29) is 5.56 Å². The quantitative estimate of drug-likeness (QED) is 0.427. The summed E-state index contributed by atoms with van der Waals surface area (Å²) in [6.45, 7) is 0.436. The molecule has 1 aromatic heterocycles. The molecule has 0 unspecified atom stereocenters. The lowest BCUT2D eigenvalue weighted by atomic mass is 10.1. The Kier molecular flexibility index (Phi) is 6.58. The maximum atomic E-state index is 13.5. The fourth-order valence-corrected chi connectivity index (χ4v) is 3.77. The number of methoxy groups -OCH3 is 3. The normalized spacial score (nSPS) is 10.7. The Hall–Kier alpha value is -4.20. The van der Waals surface area contributed by atoms with E-state index in [1.807, 2.05) is 61.5 Å². The summed E-state index contributed by atoms with van der Waals surface area (Å²) >= 11 is 0. The number of aromatic nitrogens is 2. The van der Waals surface area contributed by atoms with Crippen LogP contribution >= 0.6 is 0 Å². The monoisotopic (exact) mass is 460 g/mol. The first-order valence-corrected chi connectivity index (χ1v) is 10.8. The van der Waals surface area contributed by atoms with Gasteiger partial charge in [-0.3, -0.25) is 4.79 Å². The molecule has 0 bridgehead atoms. The molecule has 4 aromatic rings. The second kappa shape index (κ2) is 9.74. The number of benzene rings is 3. The first-order valence-electron chi connectivity index (χ1n) is 10.8. The van der Waals surface area contributed by atoms with Gasteiger partial charge in [-0.05, 0) is 42.0 Å². The van der Waals surface area contributed by atoms with Gasteiger partial charge in [-0.15, -0.1) is 0 Å². The van der Waals surface area contributed by atoms with Crippen LogP contribution in [0, 0.1) is 0 Å². The Morgan fingerprint density at radius 3 is 2.15 bits per heavy atom. The Bertz CT molecular complexity index is 1340. The highest BCUT2D eigenvalue weighted by Crippen LogP contribution is 2.40. The molecule has 1 N–H and O–H groups in total. The van der Waals surface area contributed by atoms with Crippen LogP contribution in [0.25, 0.3) is 22.3 Å². The largest absolute Gasteiger partial charge is 0.493 e. The summed E-state index contributed by atoms with van der Waals surface area (Å²) in [4.78, 5) is 20.3. The van der Waals surface area contributed by atoms with Crippen molar-refractivity contribution in [2.45, 2.75) is 6.54 Å². The number of anilines is 1. The summed E-state index contributed by atoms with van der Waals surface area (Å²) in [5.74, 6) is 1.86. The molecule has 1 heterocycles. The maximum absolute atomic E-state index is 13.5. The van der Waals surface area contributed by atoms with Crippen LogP contribution in [0.5, 0.6) is 17.2 Å². The smallest absolute Gasteiger partial charge is 0.280 e. The summed E-state index contributed by atoms with van der Waals surface area (Å²) in [5, 5.41) is 0.522. The average molecular weight is 461 g/mol. The van der Waals surface area contributed by atoms with Gasteiger partial charge >= 0.3 is 0 Å². The Morgan fingerprint density at radius 1 is 0.912 bits per heavy atom. The molecule has 0 aliphatic heterocycles. The van der Waals surface area contributed by atoms with Gasteiger partial charge in [-0.1, -0.05) is 24.3 Å². The molecule has 0 amide bonds. The second-order valence-corrected chi connectivity index (χ2v) is 7.90. The van der Waals surface area contributed by atoms with Crippen LogP contribution < -0.4 is 30.1 Å². The van der Waals surface area contributed by atoms with Crippen LogP contribution in [0.2, 0.25) is 0 Å². The van der Waals surface area contributed by atoms with Crippen LogP contribution in [-0.2, 0) is 6.54 Å². The van der Waals surface area contributed by atoms with E-state index in [1.165, 1.54) is 4.68 Å². The first kappa shape index (κ1) is 23.0. The predicted molar refractivity (Wildman–Crippen MR) is 135 cm³/mol. The fourth-order valence-electron chi connectivity index (χ4n) is 3.77. The number of hydrogen-bond donors (Lipinski definition) is 1. The van der Waals surface area contributed by atoms with E-state index < -0.39 is 0 Å².